The van der Waals surface area contributed by atoms with Crippen LogP contribution in [0.2, 0.25) is 0 Å². The van der Waals surface area contributed by atoms with Gasteiger partial charge in [-0.3, -0.25) is 0 Å². The molecule has 1 aliphatic heterocycles. The zero-order valence-electron chi connectivity index (χ0n) is 5.62. The van der Waals surface area contributed by atoms with Crippen molar-refractivity contribution < 1.29 is 13.2 Å². The van der Waals surface area contributed by atoms with Gasteiger partial charge in [-0.15, -0.1) is 0 Å². The molecule has 0 aromatic rings. The number of ether oxygens (including phenoxy) is 1. The molecule has 1 saturated heterocycles. The van der Waals surface area contributed by atoms with Gasteiger partial charge in [-0.1, -0.05) is 6.58 Å². The SMILES string of the molecule is C=COCCC1CS1(=O)=O. The van der Waals surface area contributed by atoms with Crippen LogP contribution in [0.1, 0.15) is 6.42 Å². The first-order valence-electron chi connectivity index (χ1n) is 3.11. The highest BCUT2D eigenvalue weighted by Gasteiger charge is 2.42. The summed E-state index contributed by atoms with van der Waals surface area (Å²) in [7, 11) is -2.65. The van der Waals surface area contributed by atoms with Crippen LogP contribution in [0.5, 0.6) is 0 Å². The fourth-order valence-electron chi connectivity index (χ4n) is 0.766. The Morgan fingerprint density at radius 3 is 2.70 bits per heavy atom. The van der Waals surface area contributed by atoms with E-state index in [2.05, 4.69) is 6.58 Å². The van der Waals surface area contributed by atoms with Crippen molar-refractivity contribution in [3.63, 3.8) is 0 Å². The summed E-state index contributed by atoms with van der Waals surface area (Å²) in [5, 5.41) is -0.132. The number of rotatable bonds is 4. The monoisotopic (exact) mass is 162 g/mol. The molecule has 1 fully saturated rings. The topological polar surface area (TPSA) is 43.4 Å². The summed E-state index contributed by atoms with van der Waals surface area (Å²) in [6, 6.07) is 0. The van der Waals surface area contributed by atoms with Crippen molar-refractivity contribution in [2.45, 2.75) is 11.7 Å². The summed E-state index contributed by atoms with van der Waals surface area (Å²) >= 11 is 0. The van der Waals surface area contributed by atoms with Gasteiger partial charge in [-0.2, -0.15) is 0 Å². The predicted molar refractivity (Wildman–Crippen MR) is 38.3 cm³/mol. The van der Waals surface area contributed by atoms with Gasteiger partial charge in [0.05, 0.1) is 23.9 Å². The summed E-state index contributed by atoms with van der Waals surface area (Å²) < 4.78 is 26.0. The second-order valence-corrected chi connectivity index (χ2v) is 4.60. The molecule has 1 rings (SSSR count). The molecule has 0 N–H and O–H groups in total. The van der Waals surface area contributed by atoms with Crippen LogP contribution in [0.4, 0.5) is 0 Å². The lowest BCUT2D eigenvalue weighted by Crippen LogP contribution is -1.94. The van der Waals surface area contributed by atoms with E-state index in [1.165, 1.54) is 6.26 Å². The molecule has 0 aliphatic carbocycles. The minimum atomic E-state index is -2.65. The first kappa shape index (κ1) is 7.60. The molecule has 4 heteroatoms. The van der Waals surface area contributed by atoms with Crippen molar-refractivity contribution in [3.05, 3.63) is 12.8 Å². The molecule has 0 spiro atoms. The van der Waals surface area contributed by atoms with Gasteiger partial charge in [0.15, 0.2) is 9.84 Å². The summed E-state index contributed by atoms with van der Waals surface area (Å²) in [6.07, 6.45) is 1.93. The molecular weight excluding hydrogens is 152 g/mol. The van der Waals surface area contributed by atoms with Crippen molar-refractivity contribution in [3.8, 4) is 0 Å². The molecule has 0 amide bonds. The highest BCUT2D eigenvalue weighted by molar-refractivity contribution is 7.99. The predicted octanol–water partition coefficient (Wildman–Crippen LogP) is 0.334. The van der Waals surface area contributed by atoms with Gasteiger partial charge < -0.3 is 4.74 Å². The molecule has 1 atom stereocenters. The van der Waals surface area contributed by atoms with Crippen LogP contribution in [0.15, 0.2) is 12.8 Å². The first-order chi connectivity index (χ1) is 4.67. The maximum atomic E-state index is 10.6. The maximum absolute atomic E-state index is 10.6. The molecule has 0 bridgehead atoms. The Balaban J connectivity index is 2.13. The fraction of sp³-hybridized carbons (Fsp3) is 0.667. The normalized spacial score (nSPS) is 27.4. The van der Waals surface area contributed by atoms with Gasteiger partial charge in [0, 0.05) is 0 Å². The molecule has 3 nitrogen and oxygen atoms in total. The molecule has 0 radical (unpaired) electrons. The van der Waals surface area contributed by atoms with E-state index in [4.69, 9.17) is 4.74 Å². The van der Waals surface area contributed by atoms with Crippen LogP contribution in [0.3, 0.4) is 0 Å². The summed E-state index contributed by atoms with van der Waals surface area (Å²) in [5.74, 6) is 0.341. The van der Waals surface area contributed by atoms with Gasteiger partial charge in [-0.25, -0.2) is 8.42 Å². The molecule has 0 saturated carbocycles. The zero-order chi connectivity index (χ0) is 7.61. The lowest BCUT2D eigenvalue weighted by Gasteiger charge is -1.94. The fourth-order valence-corrected chi connectivity index (χ4v) is 2.16. The Kier molecular flexibility index (Phi) is 1.99. The standard InChI is InChI=1S/C6H10O3S/c1-2-9-4-3-6-5-10(6,7)8/h2,6H,1,3-5H2. The third-order valence-electron chi connectivity index (χ3n) is 1.49. The third kappa shape index (κ3) is 1.73. The van der Waals surface area contributed by atoms with Gasteiger partial charge >= 0.3 is 0 Å². The highest BCUT2D eigenvalue weighted by Crippen LogP contribution is 2.24. The third-order valence-corrected chi connectivity index (χ3v) is 3.34. The molecule has 1 unspecified atom stereocenters. The Morgan fingerprint density at radius 2 is 2.30 bits per heavy atom. The van der Waals surface area contributed by atoms with E-state index in [-0.39, 0.29) is 5.25 Å². The van der Waals surface area contributed by atoms with E-state index >= 15 is 0 Å². The second-order valence-electron chi connectivity index (χ2n) is 2.28. The number of hydrogen-bond acceptors (Lipinski definition) is 3. The first-order valence-corrected chi connectivity index (χ1v) is 4.82. The molecule has 0 aromatic carbocycles. The minimum absolute atomic E-state index is 0.132. The van der Waals surface area contributed by atoms with Crippen molar-refractivity contribution in [1.82, 2.24) is 0 Å². The van der Waals surface area contributed by atoms with E-state index in [1.807, 2.05) is 0 Å². The molecule has 58 valence electrons. The van der Waals surface area contributed by atoms with Crippen molar-refractivity contribution in [2.75, 3.05) is 12.4 Å². The van der Waals surface area contributed by atoms with Crippen LogP contribution in [-0.4, -0.2) is 26.0 Å². The largest absolute Gasteiger partial charge is 0.502 e. The second kappa shape index (κ2) is 2.62. The lowest BCUT2D eigenvalue weighted by molar-refractivity contribution is 0.248. The molecule has 1 heterocycles. The Morgan fingerprint density at radius 1 is 1.70 bits per heavy atom. The van der Waals surface area contributed by atoms with Crippen molar-refractivity contribution >= 4 is 9.84 Å². The summed E-state index contributed by atoms with van der Waals surface area (Å²) in [5.41, 5.74) is 0. The smallest absolute Gasteiger partial charge is 0.155 e. The number of sulfone groups is 1. The highest BCUT2D eigenvalue weighted by atomic mass is 32.2. The van der Waals surface area contributed by atoms with E-state index < -0.39 is 9.84 Å². The average Bonchev–Trinajstić information content (AvgIpc) is 2.41. The van der Waals surface area contributed by atoms with E-state index in [0.717, 1.165) is 0 Å². The Labute approximate surface area is 60.6 Å². The maximum Gasteiger partial charge on any atom is 0.155 e. The van der Waals surface area contributed by atoms with Crippen molar-refractivity contribution in [1.29, 1.82) is 0 Å². The summed E-state index contributed by atoms with van der Waals surface area (Å²) in [6.45, 7) is 3.81. The van der Waals surface area contributed by atoms with E-state index in [0.29, 0.717) is 18.8 Å². The quantitative estimate of drug-likeness (QED) is 0.340. The minimum Gasteiger partial charge on any atom is -0.502 e. The number of hydrogen-bond donors (Lipinski definition) is 0. The molecule has 0 aromatic heterocycles. The van der Waals surface area contributed by atoms with Crippen LogP contribution in [0, 0.1) is 0 Å². The van der Waals surface area contributed by atoms with Gasteiger partial charge in [0.1, 0.15) is 0 Å². The van der Waals surface area contributed by atoms with E-state index in [9.17, 15) is 8.42 Å². The Bertz CT molecular complexity index is 217. The zero-order valence-corrected chi connectivity index (χ0v) is 6.43. The average molecular weight is 162 g/mol. The van der Waals surface area contributed by atoms with Crippen LogP contribution >= 0.6 is 0 Å². The van der Waals surface area contributed by atoms with Gasteiger partial charge in [0.25, 0.3) is 0 Å². The molecular formula is C6H10O3S. The lowest BCUT2D eigenvalue weighted by atomic mass is 10.4. The van der Waals surface area contributed by atoms with Crippen LogP contribution in [0.25, 0.3) is 0 Å². The molecule has 10 heavy (non-hydrogen) atoms. The Hall–Kier alpha value is -0.510. The summed E-state index contributed by atoms with van der Waals surface area (Å²) in [4.78, 5) is 0. The van der Waals surface area contributed by atoms with E-state index in [1.54, 1.807) is 0 Å². The van der Waals surface area contributed by atoms with Crippen molar-refractivity contribution in [2.24, 2.45) is 0 Å². The van der Waals surface area contributed by atoms with Crippen LogP contribution < -0.4 is 0 Å². The van der Waals surface area contributed by atoms with Gasteiger partial charge in [0.2, 0.25) is 0 Å². The molecule has 1 aliphatic rings. The van der Waals surface area contributed by atoms with Gasteiger partial charge in [-0.05, 0) is 6.42 Å². The van der Waals surface area contributed by atoms with Crippen LogP contribution in [-0.2, 0) is 14.6 Å².